The number of carboxylic acid groups (broad SMARTS) is 1. The summed E-state index contributed by atoms with van der Waals surface area (Å²) in [5.41, 5.74) is 6.02. The van der Waals surface area contributed by atoms with E-state index in [4.69, 9.17) is 15.6 Å². The molecule has 1 aromatic rings. The summed E-state index contributed by atoms with van der Waals surface area (Å²) in [6, 6.07) is 4.27. The van der Waals surface area contributed by atoms with Crippen LogP contribution in [0.15, 0.2) is 22.7 Å². The maximum Gasteiger partial charge on any atom is 0.337 e. The first-order valence-corrected chi connectivity index (χ1v) is 6.45. The lowest BCUT2D eigenvalue weighted by molar-refractivity contribution is -0.120. The summed E-state index contributed by atoms with van der Waals surface area (Å²) in [5.74, 6) is -1.89. The average molecular weight is 329 g/mol. The molecule has 1 aromatic carbocycles. The third-order valence-electron chi connectivity index (χ3n) is 2.93. The normalized spacial score (nSPS) is 22.2. The molecule has 6 nitrogen and oxygen atoms in total. The van der Waals surface area contributed by atoms with Crippen LogP contribution in [0.3, 0.4) is 0 Å². The second-order valence-corrected chi connectivity index (χ2v) is 5.21. The average Bonchev–Trinajstić information content (AvgIpc) is 2.77. The van der Waals surface area contributed by atoms with Gasteiger partial charge in [-0.2, -0.15) is 0 Å². The van der Waals surface area contributed by atoms with Gasteiger partial charge in [0, 0.05) is 10.5 Å². The Kier molecular flexibility index (Phi) is 4.18. The SMILES string of the molecule is NC1COCC1C(=O)Nc1ccc(Br)cc1C(=O)O. The molecule has 0 aliphatic carbocycles. The maximum absolute atomic E-state index is 12.0. The molecule has 4 N–H and O–H groups in total. The second-order valence-electron chi connectivity index (χ2n) is 4.29. The predicted octanol–water partition coefficient (Wildman–Crippen LogP) is 1.06. The van der Waals surface area contributed by atoms with Crippen molar-refractivity contribution in [1.82, 2.24) is 0 Å². The first kappa shape index (κ1) is 14.0. The van der Waals surface area contributed by atoms with Crippen LogP contribution in [-0.4, -0.2) is 36.2 Å². The fourth-order valence-electron chi connectivity index (χ4n) is 1.87. The van der Waals surface area contributed by atoms with E-state index in [9.17, 15) is 9.59 Å². The van der Waals surface area contributed by atoms with Gasteiger partial charge in [-0.3, -0.25) is 4.79 Å². The third-order valence-corrected chi connectivity index (χ3v) is 3.42. The molecule has 0 bridgehead atoms. The van der Waals surface area contributed by atoms with Crippen LogP contribution in [-0.2, 0) is 9.53 Å². The molecule has 7 heteroatoms. The van der Waals surface area contributed by atoms with Crippen molar-refractivity contribution in [2.24, 2.45) is 11.7 Å². The number of halogens is 1. The van der Waals surface area contributed by atoms with Crippen molar-refractivity contribution in [3.05, 3.63) is 28.2 Å². The van der Waals surface area contributed by atoms with E-state index >= 15 is 0 Å². The van der Waals surface area contributed by atoms with Gasteiger partial charge in [0.2, 0.25) is 5.91 Å². The van der Waals surface area contributed by atoms with Crippen molar-refractivity contribution in [2.75, 3.05) is 18.5 Å². The van der Waals surface area contributed by atoms with E-state index in [0.717, 1.165) is 0 Å². The van der Waals surface area contributed by atoms with Crippen LogP contribution in [0.4, 0.5) is 5.69 Å². The van der Waals surface area contributed by atoms with Crippen LogP contribution in [0.5, 0.6) is 0 Å². The largest absolute Gasteiger partial charge is 0.478 e. The fraction of sp³-hybridized carbons (Fsp3) is 0.333. The monoisotopic (exact) mass is 328 g/mol. The van der Waals surface area contributed by atoms with Gasteiger partial charge in [0.05, 0.1) is 30.4 Å². The molecule has 2 unspecified atom stereocenters. The highest BCUT2D eigenvalue weighted by molar-refractivity contribution is 9.10. The van der Waals surface area contributed by atoms with Crippen LogP contribution in [0.1, 0.15) is 10.4 Å². The van der Waals surface area contributed by atoms with Crippen molar-refractivity contribution in [3.63, 3.8) is 0 Å². The summed E-state index contributed by atoms with van der Waals surface area (Å²) in [6.45, 7) is 0.593. The molecular formula is C12H13BrN2O4. The zero-order chi connectivity index (χ0) is 14.0. The maximum atomic E-state index is 12.0. The van der Waals surface area contributed by atoms with Gasteiger partial charge in [0.15, 0.2) is 0 Å². The van der Waals surface area contributed by atoms with Crippen molar-refractivity contribution < 1.29 is 19.4 Å². The lowest BCUT2D eigenvalue weighted by Gasteiger charge is -2.14. The number of hydrogen-bond acceptors (Lipinski definition) is 4. The Morgan fingerprint density at radius 3 is 2.74 bits per heavy atom. The minimum absolute atomic E-state index is 0.0233. The standard InChI is InChI=1S/C12H13BrN2O4/c13-6-1-2-10(7(3-6)12(17)18)15-11(16)8-4-19-5-9(8)14/h1-3,8-9H,4-5,14H2,(H,15,16)(H,17,18). The molecule has 2 rings (SSSR count). The van der Waals surface area contributed by atoms with E-state index in [1.807, 2.05) is 0 Å². The number of aromatic carboxylic acids is 1. The minimum atomic E-state index is -1.11. The zero-order valence-electron chi connectivity index (χ0n) is 9.93. The summed E-state index contributed by atoms with van der Waals surface area (Å²) in [5, 5.41) is 11.7. The number of carboxylic acids is 1. The highest BCUT2D eigenvalue weighted by atomic mass is 79.9. The van der Waals surface area contributed by atoms with E-state index in [0.29, 0.717) is 11.1 Å². The topological polar surface area (TPSA) is 102 Å². The van der Waals surface area contributed by atoms with E-state index in [2.05, 4.69) is 21.2 Å². The third kappa shape index (κ3) is 3.12. The number of ether oxygens (including phenoxy) is 1. The highest BCUT2D eigenvalue weighted by Crippen LogP contribution is 2.23. The number of amides is 1. The lowest BCUT2D eigenvalue weighted by Crippen LogP contribution is -2.37. The van der Waals surface area contributed by atoms with Gasteiger partial charge in [-0.1, -0.05) is 15.9 Å². The second kappa shape index (κ2) is 5.68. The molecule has 0 saturated carbocycles. The summed E-state index contributed by atoms with van der Waals surface area (Å²) < 4.78 is 5.74. The van der Waals surface area contributed by atoms with E-state index in [-0.39, 0.29) is 29.8 Å². The summed E-state index contributed by atoms with van der Waals surface area (Å²) in [4.78, 5) is 23.1. The van der Waals surface area contributed by atoms with Gasteiger partial charge in [0.25, 0.3) is 0 Å². The fourth-order valence-corrected chi connectivity index (χ4v) is 2.23. The van der Waals surface area contributed by atoms with Crippen molar-refractivity contribution >= 4 is 33.5 Å². The van der Waals surface area contributed by atoms with Gasteiger partial charge in [-0.25, -0.2) is 4.79 Å². The molecule has 0 radical (unpaired) electrons. The Morgan fingerprint density at radius 1 is 1.42 bits per heavy atom. The molecule has 1 aliphatic rings. The van der Waals surface area contributed by atoms with Gasteiger partial charge in [-0.05, 0) is 18.2 Å². The molecule has 19 heavy (non-hydrogen) atoms. The number of carbonyl (C=O) groups excluding carboxylic acids is 1. The number of hydrogen-bond donors (Lipinski definition) is 3. The molecular weight excluding hydrogens is 316 g/mol. The van der Waals surface area contributed by atoms with Gasteiger partial charge >= 0.3 is 5.97 Å². The van der Waals surface area contributed by atoms with Crippen LogP contribution >= 0.6 is 15.9 Å². The van der Waals surface area contributed by atoms with Crippen LogP contribution in [0.2, 0.25) is 0 Å². The zero-order valence-corrected chi connectivity index (χ0v) is 11.5. The van der Waals surface area contributed by atoms with Gasteiger partial charge in [0.1, 0.15) is 0 Å². The number of nitrogens with one attached hydrogen (secondary N) is 1. The van der Waals surface area contributed by atoms with Gasteiger partial charge in [-0.15, -0.1) is 0 Å². The molecule has 2 atom stereocenters. The highest BCUT2D eigenvalue weighted by Gasteiger charge is 2.31. The molecule has 1 heterocycles. The summed E-state index contributed by atoms with van der Waals surface area (Å²) >= 11 is 3.19. The molecule has 102 valence electrons. The lowest BCUT2D eigenvalue weighted by atomic mass is 10.0. The smallest absolute Gasteiger partial charge is 0.337 e. The molecule has 1 aliphatic heterocycles. The van der Waals surface area contributed by atoms with E-state index < -0.39 is 11.9 Å². The minimum Gasteiger partial charge on any atom is -0.478 e. The summed E-state index contributed by atoms with van der Waals surface area (Å²) in [6.07, 6.45) is 0. The van der Waals surface area contributed by atoms with Crippen LogP contribution < -0.4 is 11.1 Å². The van der Waals surface area contributed by atoms with Gasteiger partial charge < -0.3 is 20.9 Å². The Morgan fingerprint density at radius 2 is 2.16 bits per heavy atom. The van der Waals surface area contributed by atoms with Crippen molar-refractivity contribution in [3.8, 4) is 0 Å². The Hall–Kier alpha value is -1.44. The molecule has 1 amide bonds. The molecule has 0 spiro atoms. The first-order chi connectivity index (χ1) is 8.99. The molecule has 1 saturated heterocycles. The number of benzene rings is 1. The number of anilines is 1. The quantitative estimate of drug-likeness (QED) is 0.770. The molecule has 1 fully saturated rings. The van der Waals surface area contributed by atoms with E-state index in [1.165, 1.54) is 12.1 Å². The number of nitrogens with two attached hydrogens (primary N) is 1. The molecule has 0 aromatic heterocycles. The van der Waals surface area contributed by atoms with Crippen molar-refractivity contribution in [1.29, 1.82) is 0 Å². The first-order valence-electron chi connectivity index (χ1n) is 5.66. The Bertz CT molecular complexity index is 520. The number of rotatable bonds is 3. The van der Waals surface area contributed by atoms with Crippen LogP contribution in [0, 0.1) is 5.92 Å². The number of carbonyl (C=O) groups is 2. The van der Waals surface area contributed by atoms with Crippen LogP contribution in [0.25, 0.3) is 0 Å². The summed E-state index contributed by atoms with van der Waals surface area (Å²) in [7, 11) is 0. The van der Waals surface area contributed by atoms with Crippen molar-refractivity contribution in [2.45, 2.75) is 6.04 Å². The Balaban J connectivity index is 2.19. The van der Waals surface area contributed by atoms with E-state index in [1.54, 1.807) is 6.07 Å². The predicted molar refractivity (Wildman–Crippen MR) is 72.0 cm³/mol. The Labute approximate surface area is 118 Å².